The molecule has 1 fully saturated rings. The first-order valence-corrected chi connectivity index (χ1v) is 9.70. The average molecular weight is 404 g/mol. The lowest BCUT2D eigenvalue weighted by molar-refractivity contribution is -0.131. The Morgan fingerprint density at radius 3 is 2.17 bits per heavy atom. The highest BCUT2D eigenvalue weighted by Gasteiger charge is 2.52. The molecule has 1 atom stereocenters. The molecule has 30 heavy (non-hydrogen) atoms. The Morgan fingerprint density at radius 2 is 1.50 bits per heavy atom. The molecule has 4 rings (SSSR count). The lowest BCUT2D eigenvalue weighted by atomic mass is 9.83. The number of nitrogens with zero attached hydrogens (tertiary/aromatic N) is 1. The van der Waals surface area contributed by atoms with E-state index in [0.29, 0.717) is 12.2 Å². The molecular weight excluding hydrogens is 383 g/mol. The van der Waals surface area contributed by atoms with Crippen LogP contribution >= 0.6 is 0 Å². The second-order valence-electron chi connectivity index (χ2n) is 7.12. The highest BCUT2D eigenvalue weighted by molar-refractivity contribution is 6.07. The molecule has 3 amide bonds. The van der Waals surface area contributed by atoms with Crippen LogP contribution in [0.5, 0.6) is 5.75 Å². The molecule has 0 bridgehead atoms. The minimum atomic E-state index is -1.17. The molecule has 0 aliphatic carbocycles. The largest absolute Gasteiger partial charge is 0.492 e. The van der Waals surface area contributed by atoms with Crippen LogP contribution in [0.15, 0.2) is 84.9 Å². The number of benzene rings is 3. The Hall–Kier alpha value is -3.67. The summed E-state index contributed by atoms with van der Waals surface area (Å²) < 4.78 is 18.6. The highest BCUT2D eigenvalue weighted by atomic mass is 19.1. The number of rotatable bonds is 7. The Balaban J connectivity index is 1.55. The van der Waals surface area contributed by atoms with Crippen molar-refractivity contribution >= 4 is 11.9 Å². The first-order chi connectivity index (χ1) is 14.6. The number of halogens is 1. The Kier molecular flexibility index (Phi) is 5.48. The molecule has 152 valence electrons. The summed E-state index contributed by atoms with van der Waals surface area (Å²) in [4.78, 5) is 27.4. The van der Waals surface area contributed by atoms with Gasteiger partial charge in [0.15, 0.2) is 5.54 Å². The van der Waals surface area contributed by atoms with E-state index in [9.17, 15) is 14.0 Å². The molecular formula is C24H21FN2O3. The van der Waals surface area contributed by atoms with E-state index in [2.05, 4.69) is 5.32 Å². The van der Waals surface area contributed by atoms with Crippen molar-refractivity contribution in [2.45, 2.75) is 12.0 Å². The predicted molar refractivity (Wildman–Crippen MR) is 110 cm³/mol. The van der Waals surface area contributed by atoms with Crippen molar-refractivity contribution in [3.63, 3.8) is 0 Å². The zero-order chi connectivity index (χ0) is 21.0. The maximum Gasteiger partial charge on any atom is 0.325 e. The van der Waals surface area contributed by atoms with Gasteiger partial charge in [-0.2, -0.15) is 0 Å². The van der Waals surface area contributed by atoms with Crippen LogP contribution in [0, 0.1) is 5.82 Å². The third kappa shape index (κ3) is 3.89. The van der Waals surface area contributed by atoms with Crippen molar-refractivity contribution in [2.24, 2.45) is 0 Å². The maximum atomic E-state index is 13.5. The second-order valence-corrected chi connectivity index (χ2v) is 7.12. The number of hydrogen-bond acceptors (Lipinski definition) is 3. The average Bonchev–Trinajstić information content (AvgIpc) is 3.01. The van der Waals surface area contributed by atoms with Gasteiger partial charge in [-0.05, 0) is 35.4 Å². The molecule has 1 aliphatic heterocycles. The second kappa shape index (κ2) is 8.37. The molecule has 1 aliphatic rings. The normalized spacial score (nSPS) is 18.4. The van der Waals surface area contributed by atoms with Crippen LogP contribution in [0.4, 0.5) is 9.18 Å². The lowest BCUT2D eigenvalue weighted by Gasteiger charge is -2.27. The van der Waals surface area contributed by atoms with Gasteiger partial charge in [-0.25, -0.2) is 9.18 Å². The molecule has 1 saturated heterocycles. The van der Waals surface area contributed by atoms with Gasteiger partial charge in [0.1, 0.15) is 18.2 Å². The number of imide groups is 1. The molecule has 6 heteroatoms. The molecule has 0 aromatic heterocycles. The Bertz CT molecular complexity index is 1030. The Labute approximate surface area is 174 Å². The van der Waals surface area contributed by atoms with E-state index >= 15 is 0 Å². The molecule has 3 aromatic rings. The summed E-state index contributed by atoms with van der Waals surface area (Å²) >= 11 is 0. The summed E-state index contributed by atoms with van der Waals surface area (Å²) in [7, 11) is 0. The van der Waals surface area contributed by atoms with Crippen LogP contribution < -0.4 is 10.1 Å². The predicted octanol–water partition coefficient (Wildman–Crippen LogP) is 3.89. The van der Waals surface area contributed by atoms with Crippen molar-refractivity contribution in [2.75, 3.05) is 13.2 Å². The lowest BCUT2D eigenvalue weighted by Crippen LogP contribution is -2.46. The molecule has 1 heterocycles. The zero-order valence-electron chi connectivity index (χ0n) is 16.3. The van der Waals surface area contributed by atoms with Gasteiger partial charge in [0.2, 0.25) is 0 Å². The van der Waals surface area contributed by atoms with Gasteiger partial charge in [-0.15, -0.1) is 0 Å². The van der Waals surface area contributed by atoms with Crippen LogP contribution in [0.3, 0.4) is 0 Å². The smallest absolute Gasteiger partial charge is 0.325 e. The molecule has 3 aromatic carbocycles. The van der Waals surface area contributed by atoms with E-state index in [1.165, 1.54) is 29.2 Å². The summed E-state index contributed by atoms with van der Waals surface area (Å²) in [5.74, 6) is -0.197. The van der Waals surface area contributed by atoms with Crippen LogP contribution in [-0.4, -0.2) is 30.0 Å². The van der Waals surface area contributed by atoms with Gasteiger partial charge in [0.25, 0.3) is 5.91 Å². The molecule has 0 saturated carbocycles. The van der Waals surface area contributed by atoms with Crippen molar-refractivity contribution < 1.29 is 18.7 Å². The van der Waals surface area contributed by atoms with E-state index in [1.54, 1.807) is 0 Å². The van der Waals surface area contributed by atoms with Crippen molar-refractivity contribution in [1.82, 2.24) is 10.2 Å². The van der Waals surface area contributed by atoms with E-state index in [1.807, 2.05) is 60.7 Å². The van der Waals surface area contributed by atoms with E-state index in [0.717, 1.165) is 11.1 Å². The standard InChI is InChI=1S/C24H21FN2O3/c25-20-11-13-21(14-12-20)30-16-15-27-22(28)24(26-23(27)29,19-9-5-2-6-10-19)17-18-7-3-1-4-8-18/h1-14H,15-17H2,(H,26,29)/t24-/m1/s1. The van der Waals surface area contributed by atoms with Crippen LogP contribution in [0.1, 0.15) is 11.1 Å². The Morgan fingerprint density at radius 1 is 0.867 bits per heavy atom. The minimum absolute atomic E-state index is 0.0887. The topological polar surface area (TPSA) is 58.6 Å². The van der Waals surface area contributed by atoms with Gasteiger partial charge in [-0.1, -0.05) is 60.7 Å². The summed E-state index contributed by atoms with van der Waals surface area (Å²) in [6.07, 6.45) is 0.345. The van der Waals surface area contributed by atoms with Crippen molar-refractivity contribution in [3.8, 4) is 5.75 Å². The van der Waals surface area contributed by atoms with E-state index in [4.69, 9.17) is 4.74 Å². The quantitative estimate of drug-likeness (QED) is 0.608. The van der Waals surface area contributed by atoms with Crippen molar-refractivity contribution in [1.29, 1.82) is 0 Å². The first kappa shape index (κ1) is 19.6. The third-order valence-corrected chi connectivity index (χ3v) is 5.15. The summed E-state index contributed by atoms with van der Waals surface area (Å²) in [5.41, 5.74) is 0.504. The third-order valence-electron chi connectivity index (χ3n) is 5.15. The van der Waals surface area contributed by atoms with Crippen LogP contribution in [0.2, 0.25) is 0 Å². The van der Waals surface area contributed by atoms with Crippen LogP contribution in [-0.2, 0) is 16.8 Å². The highest BCUT2D eigenvalue weighted by Crippen LogP contribution is 2.33. The fraction of sp³-hybridized carbons (Fsp3) is 0.167. The SMILES string of the molecule is O=C1N[C@](Cc2ccccc2)(c2ccccc2)C(=O)N1CCOc1ccc(F)cc1. The van der Waals surface area contributed by atoms with Crippen LogP contribution in [0.25, 0.3) is 0 Å². The number of hydrogen-bond donors (Lipinski definition) is 1. The summed E-state index contributed by atoms with van der Waals surface area (Å²) in [5, 5.41) is 2.92. The molecule has 1 N–H and O–H groups in total. The van der Waals surface area contributed by atoms with Gasteiger partial charge in [0.05, 0.1) is 6.54 Å². The zero-order valence-corrected chi connectivity index (χ0v) is 16.3. The number of urea groups is 1. The fourth-order valence-corrected chi connectivity index (χ4v) is 3.66. The first-order valence-electron chi connectivity index (χ1n) is 9.70. The summed E-state index contributed by atoms with van der Waals surface area (Å²) in [6.45, 7) is 0.201. The van der Waals surface area contributed by atoms with Gasteiger partial charge >= 0.3 is 6.03 Å². The van der Waals surface area contributed by atoms with E-state index in [-0.39, 0.29) is 24.9 Å². The van der Waals surface area contributed by atoms with E-state index < -0.39 is 11.6 Å². The molecule has 5 nitrogen and oxygen atoms in total. The van der Waals surface area contributed by atoms with Crippen molar-refractivity contribution in [3.05, 3.63) is 102 Å². The maximum absolute atomic E-state index is 13.5. The number of carbonyl (C=O) groups is 2. The molecule has 0 radical (unpaired) electrons. The monoisotopic (exact) mass is 404 g/mol. The van der Waals surface area contributed by atoms with Gasteiger partial charge in [0, 0.05) is 6.42 Å². The van der Waals surface area contributed by atoms with Gasteiger partial charge < -0.3 is 10.1 Å². The summed E-state index contributed by atoms with van der Waals surface area (Å²) in [6, 6.07) is 24.0. The molecule has 0 spiro atoms. The number of nitrogens with one attached hydrogen (secondary N) is 1. The minimum Gasteiger partial charge on any atom is -0.492 e. The number of carbonyl (C=O) groups excluding carboxylic acids is 2. The fourth-order valence-electron chi connectivity index (χ4n) is 3.66. The number of ether oxygens (including phenoxy) is 1. The molecule has 0 unspecified atom stereocenters. The number of amides is 3. The van der Waals surface area contributed by atoms with Gasteiger partial charge in [-0.3, -0.25) is 9.69 Å².